The molecule has 0 fully saturated rings. The van der Waals surface area contributed by atoms with Gasteiger partial charge in [-0.25, -0.2) is 9.07 Å². The monoisotopic (exact) mass is 311 g/mol. The van der Waals surface area contributed by atoms with E-state index in [-0.39, 0.29) is 12.4 Å². The van der Waals surface area contributed by atoms with E-state index in [0.29, 0.717) is 12.2 Å². The quantitative estimate of drug-likeness (QED) is 0.760. The largest absolute Gasteiger partial charge is 0.390 e. The Labute approximate surface area is 134 Å². The molecule has 0 atom stereocenters. The normalized spacial score (nSPS) is 10.9. The molecule has 1 N–H and O–H groups in total. The van der Waals surface area contributed by atoms with E-state index >= 15 is 0 Å². The number of hydrogen-bond acceptors (Lipinski definition) is 3. The van der Waals surface area contributed by atoms with Gasteiger partial charge in [0, 0.05) is 12.1 Å². The average Bonchev–Trinajstić information content (AvgIpc) is 2.99. The lowest BCUT2D eigenvalue weighted by molar-refractivity contribution is 0.277. The lowest BCUT2D eigenvalue weighted by Gasteiger charge is -2.08. The van der Waals surface area contributed by atoms with Crippen molar-refractivity contribution >= 4 is 0 Å². The Balaban J connectivity index is 1.77. The molecule has 3 aromatic rings. The fraction of sp³-hybridized carbons (Fsp3) is 0.222. The highest BCUT2D eigenvalue weighted by Crippen LogP contribution is 2.23. The van der Waals surface area contributed by atoms with E-state index < -0.39 is 0 Å². The summed E-state index contributed by atoms with van der Waals surface area (Å²) in [6.07, 6.45) is 1.85. The highest BCUT2D eigenvalue weighted by molar-refractivity contribution is 5.61. The zero-order chi connectivity index (χ0) is 16.1. The molecular formula is C18H18FN3O. The van der Waals surface area contributed by atoms with Gasteiger partial charge in [0.2, 0.25) is 0 Å². The minimum Gasteiger partial charge on any atom is -0.390 e. The lowest BCUT2D eigenvalue weighted by atomic mass is 10.1. The molecule has 0 aliphatic carbocycles. The van der Waals surface area contributed by atoms with Crippen molar-refractivity contribution in [2.75, 3.05) is 0 Å². The van der Waals surface area contributed by atoms with Gasteiger partial charge in [-0.3, -0.25) is 0 Å². The van der Waals surface area contributed by atoms with Crippen LogP contribution in [0.2, 0.25) is 0 Å². The second-order valence-electron chi connectivity index (χ2n) is 5.36. The summed E-state index contributed by atoms with van der Waals surface area (Å²) in [6.45, 7) is 0.500. The summed E-state index contributed by atoms with van der Waals surface area (Å²) in [5.74, 6) is -0.289. The number of nitrogens with zero attached hydrogens (tertiary/aromatic N) is 3. The summed E-state index contributed by atoms with van der Waals surface area (Å²) in [5, 5.41) is 17.6. The Bertz CT molecular complexity index is 754. The van der Waals surface area contributed by atoms with Crippen molar-refractivity contribution in [1.29, 1.82) is 0 Å². The minimum absolute atomic E-state index is 0.189. The number of rotatable bonds is 6. The first-order chi connectivity index (χ1) is 11.3. The molecule has 0 saturated heterocycles. The molecule has 5 heteroatoms. The molecule has 0 unspecified atom stereocenters. The number of aryl methyl sites for hydroxylation is 2. The fourth-order valence-corrected chi connectivity index (χ4v) is 2.61. The van der Waals surface area contributed by atoms with Crippen molar-refractivity contribution in [3.05, 3.63) is 71.7 Å². The van der Waals surface area contributed by atoms with Gasteiger partial charge < -0.3 is 5.11 Å². The molecule has 23 heavy (non-hydrogen) atoms. The molecule has 2 aromatic carbocycles. The van der Waals surface area contributed by atoms with Crippen LogP contribution in [0.5, 0.6) is 0 Å². The van der Waals surface area contributed by atoms with Gasteiger partial charge >= 0.3 is 0 Å². The fourth-order valence-electron chi connectivity index (χ4n) is 2.61. The molecule has 3 rings (SSSR count). The minimum atomic E-state index is -0.289. The molecule has 0 radical (unpaired) electrons. The van der Waals surface area contributed by atoms with E-state index in [4.69, 9.17) is 0 Å². The van der Waals surface area contributed by atoms with Gasteiger partial charge in [0.1, 0.15) is 11.5 Å². The Morgan fingerprint density at radius 3 is 2.43 bits per heavy atom. The van der Waals surface area contributed by atoms with Crippen LogP contribution >= 0.6 is 0 Å². The molecular weight excluding hydrogens is 293 g/mol. The van der Waals surface area contributed by atoms with Crippen LogP contribution in [-0.2, 0) is 19.6 Å². The summed E-state index contributed by atoms with van der Waals surface area (Å²) in [5.41, 5.74) is 3.34. The number of hydrogen-bond donors (Lipinski definition) is 1. The Hall–Kier alpha value is -2.53. The SMILES string of the molecule is OCc1nnn(CCCc2ccccc2)c1-c1ccc(F)cc1. The topological polar surface area (TPSA) is 50.9 Å². The molecule has 4 nitrogen and oxygen atoms in total. The van der Waals surface area contributed by atoms with E-state index in [1.165, 1.54) is 17.7 Å². The van der Waals surface area contributed by atoms with Crippen molar-refractivity contribution in [2.45, 2.75) is 26.0 Å². The van der Waals surface area contributed by atoms with Crippen molar-refractivity contribution < 1.29 is 9.50 Å². The average molecular weight is 311 g/mol. The molecule has 0 bridgehead atoms. The second-order valence-corrected chi connectivity index (χ2v) is 5.36. The third-order valence-corrected chi connectivity index (χ3v) is 3.75. The molecule has 0 spiro atoms. The van der Waals surface area contributed by atoms with Crippen LogP contribution in [0, 0.1) is 5.82 Å². The first-order valence-electron chi connectivity index (χ1n) is 7.61. The maximum absolute atomic E-state index is 13.1. The number of benzene rings is 2. The summed E-state index contributed by atoms with van der Waals surface area (Å²) in [7, 11) is 0. The van der Waals surface area contributed by atoms with Crippen molar-refractivity contribution in [3.8, 4) is 11.3 Å². The summed E-state index contributed by atoms with van der Waals surface area (Å²) < 4.78 is 14.9. The van der Waals surface area contributed by atoms with Crippen LogP contribution in [0.1, 0.15) is 17.7 Å². The second kappa shape index (κ2) is 7.15. The lowest BCUT2D eigenvalue weighted by Crippen LogP contribution is -2.04. The molecule has 0 amide bonds. The van der Waals surface area contributed by atoms with E-state index in [1.54, 1.807) is 16.8 Å². The summed E-state index contributed by atoms with van der Waals surface area (Å²) in [4.78, 5) is 0. The molecule has 0 saturated carbocycles. The highest BCUT2D eigenvalue weighted by atomic mass is 19.1. The van der Waals surface area contributed by atoms with Gasteiger partial charge in [-0.05, 0) is 42.7 Å². The van der Waals surface area contributed by atoms with Crippen molar-refractivity contribution in [2.24, 2.45) is 0 Å². The van der Waals surface area contributed by atoms with Crippen LogP contribution in [0.3, 0.4) is 0 Å². The number of aliphatic hydroxyl groups excluding tert-OH is 1. The zero-order valence-corrected chi connectivity index (χ0v) is 12.7. The van der Waals surface area contributed by atoms with Crippen molar-refractivity contribution in [3.63, 3.8) is 0 Å². The van der Waals surface area contributed by atoms with Crippen molar-refractivity contribution in [1.82, 2.24) is 15.0 Å². The maximum Gasteiger partial charge on any atom is 0.123 e. The van der Waals surface area contributed by atoms with Crippen LogP contribution in [0.15, 0.2) is 54.6 Å². The number of aliphatic hydroxyl groups is 1. The van der Waals surface area contributed by atoms with Crippen LogP contribution in [0.25, 0.3) is 11.3 Å². The predicted molar refractivity (Wildman–Crippen MR) is 86.1 cm³/mol. The Morgan fingerprint density at radius 1 is 1.00 bits per heavy atom. The third-order valence-electron chi connectivity index (χ3n) is 3.75. The summed E-state index contributed by atoms with van der Waals surface area (Å²) >= 11 is 0. The summed E-state index contributed by atoms with van der Waals surface area (Å²) in [6, 6.07) is 16.4. The zero-order valence-electron chi connectivity index (χ0n) is 12.7. The Kier molecular flexibility index (Phi) is 4.78. The van der Waals surface area contributed by atoms with Crippen LogP contribution in [0.4, 0.5) is 4.39 Å². The van der Waals surface area contributed by atoms with Gasteiger partial charge in [-0.2, -0.15) is 0 Å². The maximum atomic E-state index is 13.1. The van der Waals surface area contributed by atoms with Gasteiger partial charge in [-0.15, -0.1) is 5.10 Å². The first-order valence-corrected chi connectivity index (χ1v) is 7.61. The van der Waals surface area contributed by atoms with Gasteiger partial charge in [-0.1, -0.05) is 35.5 Å². The third kappa shape index (κ3) is 3.63. The molecule has 118 valence electrons. The molecule has 1 aromatic heterocycles. The number of halogens is 1. The smallest absolute Gasteiger partial charge is 0.123 e. The molecule has 0 aliphatic heterocycles. The standard InChI is InChI=1S/C18H18FN3O/c19-16-10-8-15(9-11-16)18-17(13-23)20-21-22(18)12-4-7-14-5-2-1-3-6-14/h1-3,5-6,8-11,23H,4,7,12-13H2. The first kappa shape index (κ1) is 15.4. The van der Waals surface area contributed by atoms with Gasteiger partial charge in [0.15, 0.2) is 0 Å². The van der Waals surface area contributed by atoms with Crippen LogP contribution < -0.4 is 0 Å². The van der Waals surface area contributed by atoms with E-state index in [9.17, 15) is 9.50 Å². The predicted octanol–water partition coefficient (Wildman–Crippen LogP) is 3.21. The van der Waals surface area contributed by atoms with Gasteiger partial charge in [0.25, 0.3) is 0 Å². The highest BCUT2D eigenvalue weighted by Gasteiger charge is 2.14. The Morgan fingerprint density at radius 2 is 1.74 bits per heavy atom. The molecule has 1 heterocycles. The number of aromatic nitrogens is 3. The van der Waals surface area contributed by atoms with E-state index in [2.05, 4.69) is 22.4 Å². The molecule has 0 aliphatic rings. The van der Waals surface area contributed by atoms with Crippen LogP contribution in [-0.4, -0.2) is 20.1 Å². The van der Waals surface area contributed by atoms with E-state index in [1.807, 2.05) is 18.2 Å². The van der Waals surface area contributed by atoms with Gasteiger partial charge in [0.05, 0.1) is 12.3 Å². The van der Waals surface area contributed by atoms with E-state index in [0.717, 1.165) is 24.1 Å².